The fourth-order valence-corrected chi connectivity index (χ4v) is 1.45. The Balaban J connectivity index is 2.45. The van der Waals surface area contributed by atoms with E-state index in [9.17, 15) is 4.79 Å². The number of carbonyl (C=O) groups excluding carboxylic acids is 1. The average molecular weight is 266 g/mol. The number of rotatable bonds is 5. The van der Waals surface area contributed by atoms with Crippen LogP contribution in [0.2, 0.25) is 0 Å². The molecule has 0 saturated heterocycles. The largest absolute Gasteiger partial charge is 0.460 e. The zero-order chi connectivity index (χ0) is 14.5. The summed E-state index contributed by atoms with van der Waals surface area (Å²) in [6.07, 6.45) is -0.197. The minimum atomic E-state index is -1.53. The molecule has 0 spiro atoms. The first-order chi connectivity index (χ1) is 8.68. The molecule has 0 aliphatic rings. The van der Waals surface area contributed by atoms with Gasteiger partial charge in [-0.3, -0.25) is 16.3 Å². The number of esters is 1. The number of ether oxygens (including phenoxy) is 2. The average Bonchev–Trinajstić information content (AvgIpc) is 2.24. The summed E-state index contributed by atoms with van der Waals surface area (Å²) in [4.78, 5) is 11.6. The highest BCUT2D eigenvalue weighted by Gasteiger charge is 2.27. The second-order valence-electron chi connectivity index (χ2n) is 5.49. The molecule has 5 heteroatoms. The van der Waals surface area contributed by atoms with Crippen LogP contribution in [0.4, 0.5) is 0 Å². The second-order valence-corrected chi connectivity index (χ2v) is 5.49. The van der Waals surface area contributed by atoms with Crippen molar-refractivity contribution in [2.75, 3.05) is 0 Å². The van der Waals surface area contributed by atoms with Gasteiger partial charge in [-0.2, -0.15) is 0 Å². The van der Waals surface area contributed by atoms with E-state index in [2.05, 4.69) is 0 Å². The Morgan fingerprint density at radius 2 is 1.74 bits per heavy atom. The summed E-state index contributed by atoms with van der Waals surface area (Å²) in [5, 5.41) is 0. The van der Waals surface area contributed by atoms with Crippen LogP contribution in [-0.4, -0.2) is 17.4 Å². The number of benzene rings is 1. The van der Waals surface area contributed by atoms with E-state index in [0.717, 1.165) is 5.56 Å². The van der Waals surface area contributed by atoms with E-state index in [1.54, 1.807) is 20.8 Å². The Morgan fingerprint density at radius 3 is 2.26 bits per heavy atom. The molecule has 0 radical (unpaired) electrons. The van der Waals surface area contributed by atoms with Crippen molar-refractivity contribution in [3.63, 3.8) is 0 Å². The van der Waals surface area contributed by atoms with Gasteiger partial charge in [0.15, 0.2) is 5.85 Å². The standard InChI is InChI=1S/C14H22N2O3/c1-13(2,3)19-12(17)9-14(15,16)18-10-11-7-5-4-6-8-11/h4-8H,9-10,15-16H2,1-3H3. The molecular formula is C14H22N2O3. The van der Waals surface area contributed by atoms with E-state index in [4.69, 9.17) is 20.9 Å². The zero-order valence-electron chi connectivity index (χ0n) is 11.7. The van der Waals surface area contributed by atoms with E-state index in [1.807, 2.05) is 30.3 Å². The topological polar surface area (TPSA) is 87.6 Å². The van der Waals surface area contributed by atoms with Crippen LogP contribution in [0.25, 0.3) is 0 Å². The fraction of sp³-hybridized carbons (Fsp3) is 0.500. The van der Waals surface area contributed by atoms with Crippen molar-refractivity contribution in [1.29, 1.82) is 0 Å². The van der Waals surface area contributed by atoms with Gasteiger partial charge in [0.25, 0.3) is 0 Å². The molecule has 1 rings (SSSR count). The Labute approximate surface area is 113 Å². The van der Waals surface area contributed by atoms with E-state index in [0.29, 0.717) is 0 Å². The molecule has 1 aromatic carbocycles. The van der Waals surface area contributed by atoms with Crippen molar-refractivity contribution in [1.82, 2.24) is 0 Å². The highest BCUT2D eigenvalue weighted by Crippen LogP contribution is 2.13. The lowest BCUT2D eigenvalue weighted by Crippen LogP contribution is -2.53. The third-order valence-electron chi connectivity index (χ3n) is 2.19. The number of carbonyl (C=O) groups is 1. The van der Waals surface area contributed by atoms with Crippen LogP contribution >= 0.6 is 0 Å². The smallest absolute Gasteiger partial charge is 0.312 e. The number of hydrogen-bond acceptors (Lipinski definition) is 5. The predicted molar refractivity (Wildman–Crippen MR) is 72.8 cm³/mol. The van der Waals surface area contributed by atoms with Gasteiger partial charge >= 0.3 is 5.97 Å². The molecule has 0 amide bonds. The van der Waals surface area contributed by atoms with Gasteiger partial charge in [0.05, 0.1) is 6.61 Å². The number of nitrogens with two attached hydrogens (primary N) is 2. The molecule has 19 heavy (non-hydrogen) atoms. The van der Waals surface area contributed by atoms with Crippen molar-refractivity contribution in [2.24, 2.45) is 11.5 Å². The SMILES string of the molecule is CC(C)(C)OC(=O)CC(N)(N)OCc1ccccc1. The van der Waals surface area contributed by atoms with Gasteiger partial charge in [-0.1, -0.05) is 30.3 Å². The van der Waals surface area contributed by atoms with Gasteiger partial charge in [-0.15, -0.1) is 0 Å². The molecule has 5 nitrogen and oxygen atoms in total. The summed E-state index contributed by atoms with van der Waals surface area (Å²) in [6.45, 7) is 5.59. The second kappa shape index (κ2) is 6.14. The molecule has 0 atom stereocenters. The molecule has 1 aromatic rings. The van der Waals surface area contributed by atoms with Gasteiger partial charge < -0.3 is 9.47 Å². The molecule has 0 aromatic heterocycles. The zero-order valence-corrected chi connectivity index (χ0v) is 11.7. The van der Waals surface area contributed by atoms with Crippen LogP contribution in [-0.2, 0) is 20.9 Å². The molecule has 0 aliphatic heterocycles. The minimum Gasteiger partial charge on any atom is -0.460 e. The maximum absolute atomic E-state index is 11.6. The maximum atomic E-state index is 11.6. The molecule has 0 aliphatic carbocycles. The number of hydrogen-bond donors (Lipinski definition) is 2. The van der Waals surface area contributed by atoms with Crippen LogP contribution in [0, 0.1) is 0 Å². The first-order valence-corrected chi connectivity index (χ1v) is 6.15. The molecule has 0 heterocycles. The Kier molecular flexibility index (Phi) is 5.05. The van der Waals surface area contributed by atoms with Crippen LogP contribution in [0.5, 0.6) is 0 Å². The maximum Gasteiger partial charge on any atom is 0.312 e. The quantitative estimate of drug-likeness (QED) is 0.623. The minimum absolute atomic E-state index is 0.197. The first-order valence-electron chi connectivity index (χ1n) is 6.15. The lowest BCUT2D eigenvalue weighted by Gasteiger charge is -2.26. The lowest BCUT2D eigenvalue weighted by molar-refractivity contribution is -0.163. The Bertz CT molecular complexity index is 410. The van der Waals surface area contributed by atoms with Gasteiger partial charge in [0, 0.05) is 0 Å². The lowest BCUT2D eigenvalue weighted by atomic mass is 10.2. The van der Waals surface area contributed by atoms with E-state index >= 15 is 0 Å². The summed E-state index contributed by atoms with van der Waals surface area (Å²) < 4.78 is 10.5. The highest BCUT2D eigenvalue weighted by atomic mass is 16.6. The van der Waals surface area contributed by atoms with Crippen molar-refractivity contribution in [2.45, 2.75) is 45.2 Å². The van der Waals surface area contributed by atoms with Crippen molar-refractivity contribution in [3.05, 3.63) is 35.9 Å². The Hall–Kier alpha value is -1.43. The molecule has 0 bridgehead atoms. The predicted octanol–water partition coefficient (Wildman–Crippen LogP) is 1.51. The van der Waals surface area contributed by atoms with E-state index in [-0.39, 0.29) is 13.0 Å². The molecule has 4 N–H and O–H groups in total. The molecular weight excluding hydrogens is 244 g/mol. The summed E-state index contributed by atoms with van der Waals surface area (Å²) in [6, 6.07) is 9.47. The Morgan fingerprint density at radius 1 is 1.16 bits per heavy atom. The van der Waals surface area contributed by atoms with Crippen molar-refractivity contribution >= 4 is 5.97 Å². The third kappa shape index (κ3) is 6.91. The van der Waals surface area contributed by atoms with Crippen LogP contribution < -0.4 is 11.5 Å². The van der Waals surface area contributed by atoms with Crippen LogP contribution in [0.3, 0.4) is 0 Å². The first kappa shape index (κ1) is 15.6. The van der Waals surface area contributed by atoms with Crippen LogP contribution in [0.15, 0.2) is 30.3 Å². The monoisotopic (exact) mass is 266 g/mol. The van der Waals surface area contributed by atoms with Crippen LogP contribution in [0.1, 0.15) is 32.8 Å². The molecule has 0 fully saturated rings. The van der Waals surface area contributed by atoms with Crippen molar-refractivity contribution in [3.8, 4) is 0 Å². The molecule has 106 valence electrons. The van der Waals surface area contributed by atoms with Gasteiger partial charge in [0.2, 0.25) is 0 Å². The van der Waals surface area contributed by atoms with Gasteiger partial charge in [-0.05, 0) is 26.3 Å². The highest BCUT2D eigenvalue weighted by molar-refractivity contribution is 5.70. The van der Waals surface area contributed by atoms with Gasteiger partial charge in [0.1, 0.15) is 12.0 Å². The van der Waals surface area contributed by atoms with E-state index < -0.39 is 17.4 Å². The molecule has 0 saturated carbocycles. The third-order valence-corrected chi connectivity index (χ3v) is 2.19. The summed E-state index contributed by atoms with van der Waals surface area (Å²) in [5.41, 5.74) is 11.9. The fourth-order valence-electron chi connectivity index (χ4n) is 1.45. The summed E-state index contributed by atoms with van der Waals surface area (Å²) in [7, 11) is 0. The normalized spacial score (nSPS) is 12.3. The van der Waals surface area contributed by atoms with Gasteiger partial charge in [-0.25, -0.2) is 0 Å². The summed E-state index contributed by atoms with van der Waals surface area (Å²) >= 11 is 0. The van der Waals surface area contributed by atoms with Crippen molar-refractivity contribution < 1.29 is 14.3 Å². The van der Waals surface area contributed by atoms with E-state index in [1.165, 1.54) is 0 Å². The molecule has 0 unspecified atom stereocenters. The summed E-state index contributed by atoms with van der Waals surface area (Å²) in [5.74, 6) is -2.01.